The van der Waals surface area contributed by atoms with Crippen molar-refractivity contribution in [1.29, 1.82) is 0 Å². The SMILES string of the molecule is CN(Cc1ccc(Br)cc1)C(=O)c1ccccc1-n1cnnn1. The number of benzene rings is 2. The van der Waals surface area contributed by atoms with Crippen LogP contribution in [-0.2, 0) is 6.54 Å². The number of carbonyl (C=O) groups is 1. The van der Waals surface area contributed by atoms with Crippen molar-refractivity contribution in [2.24, 2.45) is 0 Å². The molecule has 1 aromatic heterocycles. The number of aromatic nitrogens is 4. The standard InChI is InChI=1S/C16H14BrN5O/c1-21(10-12-6-8-13(17)9-7-12)16(23)14-4-2-3-5-15(14)22-11-18-19-20-22/h2-9,11H,10H2,1H3. The maximum Gasteiger partial charge on any atom is 0.256 e. The molecule has 0 aliphatic rings. The number of nitrogens with zero attached hydrogens (tertiary/aromatic N) is 5. The highest BCUT2D eigenvalue weighted by atomic mass is 79.9. The van der Waals surface area contributed by atoms with Crippen LogP contribution in [0.5, 0.6) is 0 Å². The molecule has 0 bridgehead atoms. The zero-order valence-electron chi connectivity index (χ0n) is 12.4. The van der Waals surface area contributed by atoms with Gasteiger partial charge < -0.3 is 4.90 Å². The first kappa shape index (κ1) is 15.4. The molecule has 3 rings (SSSR count). The molecule has 0 radical (unpaired) electrons. The van der Waals surface area contributed by atoms with Crippen molar-refractivity contribution in [3.05, 3.63) is 70.5 Å². The van der Waals surface area contributed by atoms with E-state index < -0.39 is 0 Å². The number of amides is 1. The molecular weight excluding hydrogens is 358 g/mol. The largest absolute Gasteiger partial charge is 0.337 e. The van der Waals surface area contributed by atoms with Crippen LogP contribution < -0.4 is 0 Å². The lowest BCUT2D eigenvalue weighted by Crippen LogP contribution is -2.27. The second-order valence-corrected chi connectivity index (χ2v) is 5.97. The normalized spacial score (nSPS) is 10.5. The first-order chi connectivity index (χ1) is 11.1. The third-order valence-corrected chi connectivity index (χ3v) is 3.94. The molecule has 3 aromatic rings. The molecule has 0 N–H and O–H groups in total. The quantitative estimate of drug-likeness (QED) is 0.707. The number of tetrazole rings is 1. The third-order valence-electron chi connectivity index (χ3n) is 3.41. The minimum absolute atomic E-state index is 0.0842. The maximum atomic E-state index is 12.8. The number of halogens is 1. The van der Waals surface area contributed by atoms with E-state index in [0.29, 0.717) is 17.8 Å². The summed E-state index contributed by atoms with van der Waals surface area (Å²) in [6.07, 6.45) is 1.47. The van der Waals surface area contributed by atoms with Crippen LogP contribution in [0.25, 0.3) is 5.69 Å². The van der Waals surface area contributed by atoms with Crippen molar-refractivity contribution >= 4 is 21.8 Å². The molecular formula is C16H14BrN5O. The monoisotopic (exact) mass is 371 g/mol. The second-order valence-electron chi connectivity index (χ2n) is 5.06. The van der Waals surface area contributed by atoms with Gasteiger partial charge in [0.15, 0.2) is 0 Å². The zero-order chi connectivity index (χ0) is 16.2. The Morgan fingerprint density at radius 1 is 1.17 bits per heavy atom. The minimum Gasteiger partial charge on any atom is -0.337 e. The van der Waals surface area contributed by atoms with Crippen molar-refractivity contribution in [2.75, 3.05) is 7.05 Å². The van der Waals surface area contributed by atoms with E-state index >= 15 is 0 Å². The summed E-state index contributed by atoms with van der Waals surface area (Å²) in [5.41, 5.74) is 2.27. The van der Waals surface area contributed by atoms with Gasteiger partial charge in [-0.15, -0.1) is 5.10 Å². The number of rotatable bonds is 4. The lowest BCUT2D eigenvalue weighted by atomic mass is 10.1. The van der Waals surface area contributed by atoms with Crippen molar-refractivity contribution in [2.45, 2.75) is 6.54 Å². The molecule has 0 aliphatic heterocycles. The highest BCUT2D eigenvalue weighted by Crippen LogP contribution is 2.17. The summed E-state index contributed by atoms with van der Waals surface area (Å²) in [6.45, 7) is 0.524. The van der Waals surface area contributed by atoms with E-state index in [2.05, 4.69) is 31.5 Å². The first-order valence-corrected chi connectivity index (χ1v) is 7.77. The highest BCUT2D eigenvalue weighted by Gasteiger charge is 2.17. The summed E-state index contributed by atoms with van der Waals surface area (Å²) in [7, 11) is 1.78. The molecule has 0 atom stereocenters. The smallest absolute Gasteiger partial charge is 0.256 e. The Kier molecular flexibility index (Phi) is 4.47. The zero-order valence-corrected chi connectivity index (χ0v) is 14.0. The second kappa shape index (κ2) is 6.70. The van der Waals surface area contributed by atoms with Gasteiger partial charge in [-0.2, -0.15) is 4.68 Å². The summed E-state index contributed by atoms with van der Waals surface area (Å²) in [6, 6.07) is 15.2. The number of hydrogen-bond donors (Lipinski definition) is 0. The van der Waals surface area contributed by atoms with Crippen molar-refractivity contribution < 1.29 is 4.79 Å². The highest BCUT2D eigenvalue weighted by molar-refractivity contribution is 9.10. The van der Waals surface area contributed by atoms with Crippen LogP contribution in [0, 0.1) is 0 Å². The van der Waals surface area contributed by atoms with Crippen LogP contribution in [0.2, 0.25) is 0 Å². The van der Waals surface area contributed by atoms with Gasteiger partial charge in [0.1, 0.15) is 6.33 Å². The van der Waals surface area contributed by atoms with Gasteiger partial charge in [-0.1, -0.05) is 40.2 Å². The van der Waals surface area contributed by atoms with Gasteiger partial charge in [-0.25, -0.2) is 0 Å². The Morgan fingerprint density at radius 3 is 2.61 bits per heavy atom. The van der Waals surface area contributed by atoms with Gasteiger partial charge in [0.2, 0.25) is 0 Å². The van der Waals surface area contributed by atoms with E-state index in [-0.39, 0.29) is 5.91 Å². The Labute approximate surface area is 141 Å². The van der Waals surface area contributed by atoms with Gasteiger partial charge in [0.25, 0.3) is 5.91 Å². The van der Waals surface area contributed by atoms with Gasteiger partial charge in [0.05, 0.1) is 11.3 Å². The molecule has 0 spiro atoms. The topological polar surface area (TPSA) is 63.9 Å². The van der Waals surface area contributed by atoms with Crippen LogP contribution in [0.1, 0.15) is 15.9 Å². The molecule has 0 saturated carbocycles. The molecule has 6 nitrogen and oxygen atoms in total. The molecule has 0 unspecified atom stereocenters. The lowest BCUT2D eigenvalue weighted by molar-refractivity contribution is 0.0785. The van der Waals surface area contributed by atoms with E-state index in [1.807, 2.05) is 42.5 Å². The van der Waals surface area contributed by atoms with E-state index in [1.54, 1.807) is 18.0 Å². The van der Waals surface area contributed by atoms with Crippen molar-refractivity contribution in [1.82, 2.24) is 25.1 Å². The van der Waals surface area contributed by atoms with Crippen LogP contribution in [0.3, 0.4) is 0 Å². The lowest BCUT2D eigenvalue weighted by Gasteiger charge is -2.19. The molecule has 1 heterocycles. The van der Waals surface area contributed by atoms with Crippen molar-refractivity contribution in [3.63, 3.8) is 0 Å². The summed E-state index contributed by atoms with van der Waals surface area (Å²) in [5, 5.41) is 11.1. The minimum atomic E-state index is -0.0842. The van der Waals surface area contributed by atoms with Crippen LogP contribution in [0.15, 0.2) is 59.3 Å². The molecule has 2 aromatic carbocycles. The van der Waals surface area contributed by atoms with E-state index in [0.717, 1.165) is 10.0 Å². The van der Waals surface area contributed by atoms with Crippen LogP contribution in [-0.4, -0.2) is 38.1 Å². The van der Waals surface area contributed by atoms with Gasteiger partial charge in [0, 0.05) is 18.1 Å². The fourth-order valence-electron chi connectivity index (χ4n) is 2.27. The van der Waals surface area contributed by atoms with Gasteiger partial charge >= 0.3 is 0 Å². The Balaban J connectivity index is 1.84. The summed E-state index contributed by atoms with van der Waals surface area (Å²) < 4.78 is 2.50. The average molecular weight is 372 g/mol. The summed E-state index contributed by atoms with van der Waals surface area (Å²) in [5.74, 6) is -0.0842. The number of carbonyl (C=O) groups excluding carboxylic acids is 1. The molecule has 0 saturated heterocycles. The number of hydrogen-bond acceptors (Lipinski definition) is 4. The third kappa shape index (κ3) is 3.45. The first-order valence-electron chi connectivity index (χ1n) is 6.97. The molecule has 23 heavy (non-hydrogen) atoms. The van der Waals surface area contributed by atoms with E-state index in [9.17, 15) is 4.79 Å². The van der Waals surface area contributed by atoms with Crippen molar-refractivity contribution in [3.8, 4) is 5.69 Å². The Hall–Kier alpha value is -2.54. The predicted octanol–water partition coefficient (Wildman–Crippen LogP) is 2.70. The molecule has 7 heteroatoms. The molecule has 0 fully saturated rings. The molecule has 0 aliphatic carbocycles. The molecule has 116 valence electrons. The summed E-state index contributed by atoms with van der Waals surface area (Å²) in [4.78, 5) is 14.4. The van der Waals surface area contributed by atoms with E-state index in [1.165, 1.54) is 11.0 Å². The average Bonchev–Trinajstić information content (AvgIpc) is 3.10. The Morgan fingerprint density at radius 2 is 1.91 bits per heavy atom. The molecule has 1 amide bonds. The van der Waals surface area contributed by atoms with E-state index in [4.69, 9.17) is 0 Å². The van der Waals surface area contributed by atoms with Crippen LogP contribution in [0.4, 0.5) is 0 Å². The maximum absolute atomic E-state index is 12.8. The van der Waals surface area contributed by atoms with Crippen LogP contribution >= 0.6 is 15.9 Å². The fourth-order valence-corrected chi connectivity index (χ4v) is 2.53. The van der Waals surface area contributed by atoms with Gasteiger partial charge in [-0.05, 0) is 40.3 Å². The van der Waals surface area contributed by atoms with Gasteiger partial charge in [-0.3, -0.25) is 4.79 Å². The predicted molar refractivity (Wildman–Crippen MR) is 89.1 cm³/mol. The fraction of sp³-hybridized carbons (Fsp3) is 0.125. The summed E-state index contributed by atoms with van der Waals surface area (Å²) >= 11 is 3.41. The Bertz CT molecular complexity index is 802. The number of para-hydroxylation sites is 1.